The average molecular weight is 183 g/mol. The second-order valence-electron chi connectivity index (χ2n) is 3.95. The van der Waals surface area contributed by atoms with E-state index in [0.717, 1.165) is 38.9 Å². The van der Waals surface area contributed by atoms with Crippen LogP contribution in [-0.4, -0.2) is 43.0 Å². The predicted octanol–water partition coefficient (Wildman–Crippen LogP) is 0.829. The number of ether oxygens (including phenoxy) is 1. The van der Waals surface area contributed by atoms with Crippen molar-refractivity contribution in [3.05, 3.63) is 0 Å². The molecule has 2 aliphatic heterocycles. The molecule has 0 aromatic rings. The summed E-state index contributed by atoms with van der Waals surface area (Å²) in [5.74, 6) is 0. The van der Waals surface area contributed by atoms with Gasteiger partial charge in [0.05, 0.1) is 12.6 Å². The number of aldehydes is 1. The highest BCUT2D eigenvalue weighted by atomic mass is 16.5. The number of likely N-dealkylation sites (tertiary alicyclic amines) is 1. The first-order valence-corrected chi connectivity index (χ1v) is 5.20. The third kappa shape index (κ3) is 1.92. The summed E-state index contributed by atoms with van der Waals surface area (Å²) in [7, 11) is 0. The number of nitrogens with zero attached hydrogens (tertiary/aromatic N) is 1. The van der Waals surface area contributed by atoms with Crippen LogP contribution >= 0.6 is 0 Å². The molecular weight excluding hydrogens is 166 g/mol. The molecule has 0 aromatic carbocycles. The number of rotatable bonds is 2. The van der Waals surface area contributed by atoms with Crippen molar-refractivity contribution in [3.8, 4) is 0 Å². The van der Waals surface area contributed by atoms with Gasteiger partial charge in [0.1, 0.15) is 6.29 Å². The zero-order chi connectivity index (χ0) is 9.10. The van der Waals surface area contributed by atoms with Crippen molar-refractivity contribution < 1.29 is 9.53 Å². The largest absolute Gasteiger partial charge is 0.380 e. The van der Waals surface area contributed by atoms with Crippen molar-refractivity contribution in [3.63, 3.8) is 0 Å². The van der Waals surface area contributed by atoms with Gasteiger partial charge in [0, 0.05) is 12.6 Å². The van der Waals surface area contributed by atoms with E-state index in [1.807, 2.05) is 0 Å². The molecule has 3 heteroatoms. The Morgan fingerprint density at radius 3 is 2.92 bits per heavy atom. The molecule has 74 valence electrons. The molecule has 0 N–H and O–H groups in total. The van der Waals surface area contributed by atoms with Crippen molar-refractivity contribution >= 4 is 6.29 Å². The van der Waals surface area contributed by atoms with Gasteiger partial charge in [-0.2, -0.15) is 0 Å². The quantitative estimate of drug-likeness (QED) is 0.594. The van der Waals surface area contributed by atoms with Gasteiger partial charge in [-0.05, 0) is 25.8 Å². The Labute approximate surface area is 79.0 Å². The second kappa shape index (κ2) is 4.20. The SMILES string of the molecule is O=CC1CCCCN1C1CCOC1. The summed E-state index contributed by atoms with van der Waals surface area (Å²) >= 11 is 0. The van der Waals surface area contributed by atoms with E-state index in [9.17, 15) is 4.79 Å². The van der Waals surface area contributed by atoms with Crippen LogP contribution in [0, 0.1) is 0 Å². The molecule has 2 atom stereocenters. The summed E-state index contributed by atoms with van der Waals surface area (Å²) < 4.78 is 5.35. The molecule has 13 heavy (non-hydrogen) atoms. The van der Waals surface area contributed by atoms with Crippen LogP contribution < -0.4 is 0 Å². The minimum atomic E-state index is 0.167. The summed E-state index contributed by atoms with van der Waals surface area (Å²) in [4.78, 5) is 13.2. The molecule has 0 saturated carbocycles. The molecule has 2 aliphatic rings. The van der Waals surface area contributed by atoms with E-state index >= 15 is 0 Å². The zero-order valence-electron chi connectivity index (χ0n) is 7.95. The van der Waals surface area contributed by atoms with Gasteiger partial charge in [-0.25, -0.2) is 0 Å². The fraction of sp³-hybridized carbons (Fsp3) is 0.900. The van der Waals surface area contributed by atoms with Crippen LogP contribution in [-0.2, 0) is 9.53 Å². The van der Waals surface area contributed by atoms with Crippen LogP contribution in [0.25, 0.3) is 0 Å². The van der Waals surface area contributed by atoms with E-state index in [1.165, 1.54) is 12.8 Å². The first-order valence-electron chi connectivity index (χ1n) is 5.20. The molecule has 2 saturated heterocycles. The van der Waals surface area contributed by atoms with Crippen molar-refractivity contribution in [2.75, 3.05) is 19.8 Å². The zero-order valence-corrected chi connectivity index (χ0v) is 7.95. The minimum absolute atomic E-state index is 0.167. The van der Waals surface area contributed by atoms with Gasteiger partial charge in [-0.3, -0.25) is 4.90 Å². The number of carbonyl (C=O) groups excluding carboxylic acids is 1. The van der Waals surface area contributed by atoms with Crippen LogP contribution in [0.4, 0.5) is 0 Å². The van der Waals surface area contributed by atoms with E-state index in [-0.39, 0.29) is 6.04 Å². The van der Waals surface area contributed by atoms with E-state index < -0.39 is 0 Å². The number of hydrogen-bond acceptors (Lipinski definition) is 3. The molecule has 0 spiro atoms. The maximum Gasteiger partial charge on any atom is 0.137 e. The number of hydrogen-bond donors (Lipinski definition) is 0. The number of piperidine rings is 1. The minimum Gasteiger partial charge on any atom is -0.380 e. The van der Waals surface area contributed by atoms with Gasteiger partial charge in [-0.15, -0.1) is 0 Å². The Morgan fingerprint density at radius 2 is 2.23 bits per heavy atom. The Kier molecular flexibility index (Phi) is 2.96. The lowest BCUT2D eigenvalue weighted by atomic mass is 10.0. The Hall–Kier alpha value is -0.410. The molecule has 2 heterocycles. The first kappa shape index (κ1) is 9.16. The lowest BCUT2D eigenvalue weighted by Gasteiger charge is -2.36. The highest BCUT2D eigenvalue weighted by Gasteiger charge is 2.30. The van der Waals surface area contributed by atoms with Gasteiger partial charge in [0.25, 0.3) is 0 Å². The molecule has 2 rings (SSSR count). The normalized spacial score (nSPS) is 36.3. The monoisotopic (exact) mass is 183 g/mol. The van der Waals surface area contributed by atoms with Gasteiger partial charge >= 0.3 is 0 Å². The van der Waals surface area contributed by atoms with Crippen LogP contribution in [0.3, 0.4) is 0 Å². The molecule has 0 amide bonds. The average Bonchev–Trinajstić information content (AvgIpc) is 2.70. The molecule has 2 unspecified atom stereocenters. The lowest BCUT2D eigenvalue weighted by Crippen LogP contribution is -2.47. The van der Waals surface area contributed by atoms with Gasteiger partial charge in [0.15, 0.2) is 0 Å². The highest BCUT2D eigenvalue weighted by molar-refractivity contribution is 5.57. The van der Waals surface area contributed by atoms with Crippen molar-refractivity contribution in [1.29, 1.82) is 0 Å². The topological polar surface area (TPSA) is 29.5 Å². The van der Waals surface area contributed by atoms with Crippen molar-refractivity contribution in [1.82, 2.24) is 4.90 Å². The van der Waals surface area contributed by atoms with Crippen molar-refractivity contribution in [2.24, 2.45) is 0 Å². The molecular formula is C10H17NO2. The van der Waals surface area contributed by atoms with Crippen LogP contribution in [0.1, 0.15) is 25.7 Å². The fourth-order valence-electron chi connectivity index (χ4n) is 2.36. The standard InChI is InChI=1S/C10H17NO2/c12-7-9-3-1-2-5-11(9)10-4-6-13-8-10/h7,9-10H,1-6,8H2. The summed E-state index contributed by atoms with van der Waals surface area (Å²) in [5.41, 5.74) is 0. The summed E-state index contributed by atoms with van der Waals surface area (Å²) in [6.45, 7) is 2.77. The maximum atomic E-state index is 10.8. The van der Waals surface area contributed by atoms with Gasteiger partial charge < -0.3 is 9.53 Å². The molecule has 2 fully saturated rings. The van der Waals surface area contributed by atoms with Gasteiger partial charge in [-0.1, -0.05) is 6.42 Å². The lowest BCUT2D eigenvalue weighted by molar-refractivity contribution is -0.114. The van der Waals surface area contributed by atoms with E-state index in [2.05, 4.69) is 4.90 Å². The highest BCUT2D eigenvalue weighted by Crippen LogP contribution is 2.22. The first-order chi connectivity index (χ1) is 6.42. The third-order valence-corrected chi connectivity index (χ3v) is 3.12. The molecule has 0 aromatic heterocycles. The van der Waals surface area contributed by atoms with Crippen molar-refractivity contribution in [2.45, 2.75) is 37.8 Å². The molecule has 3 nitrogen and oxygen atoms in total. The Morgan fingerprint density at radius 1 is 1.31 bits per heavy atom. The van der Waals surface area contributed by atoms with E-state index in [1.54, 1.807) is 0 Å². The van der Waals surface area contributed by atoms with E-state index in [0.29, 0.717) is 6.04 Å². The smallest absolute Gasteiger partial charge is 0.137 e. The van der Waals surface area contributed by atoms with E-state index in [4.69, 9.17) is 4.74 Å². The Bertz CT molecular complexity index is 178. The predicted molar refractivity (Wildman–Crippen MR) is 49.6 cm³/mol. The molecule has 0 bridgehead atoms. The second-order valence-corrected chi connectivity index (χ2v) is 3.95. The molecule has 0 aliphatic carbocycles. The summed E-state index contributed by atoms with van der Waals surface area (Å²) in [5, 5.41) is 0. The third-order valence-electron chi connectivity index (χ3n) is 3.12. The summed E-state index contributed by atoms with van der Waals surface area (Å²) in [6.07, 6.45) is 5.69. The van der Waals surface area contributed by atoms with Crippen LogP contribution in [0.2, 0.25) is 0 Å². The van der Waals surface area contributed by atoms with Crippen LogP contribution in [0.15, 0.2) is 0 Å². The number of carbonyl (C=O) groups is 1. The Balaban J connectivity index is 1.96. The van der Waals surface area contributed by atoms with Crippen LogP contribution in [0.5, 0.6) is 0 Å². The molecule has 0 radical (unpaired) electrons. The fourth-order valence-corrected chi connectivity index (χ4v) is 2.36. The maximum absolute atomic E-state index is 10.8. The van der Waals surface area contributed by atoms with Gasteiger partial charge in [0.2, 0.25) is 0 Å². The summed E-state index contributed by atoms with van der Waals surface area (Å²) in [6, 6.07) is 0.677.